The Morgan fingerprint density at radius 1 is 1.15 bits per heavy atom. The van der Waals surface area contributed by atoms with Gasteiger partial charge >= 0.3 is 0 Å². The van der Waals surface area contributed by atoms with Crippen molar-refractivity contribution >= 4 is 0 Å². The van der Waals surface area contributed by atoms with Crippen LogP contribution in [0.2, 0.25) is 0 Å². The number of oxazole rings is 1. The largest absolute Gasteiger partial charge is 0.486 e. The third-order valence-corrected chi connectivity index (χ3v) is 3.16. The predicted octanol–water partition coefficient (Wildman–Crippen LogP) is 2.30. The van der Waals surface area contributed by atoms with Gasteiger partial charge in [0.1, 0.15) is 19.0 Å². The van der Waals surface area contributed by atoms with Crippen molar-refractivity contribution in [2.75, 3.05) is 13.2 Å². The molecule has 0 unspecified atom stereocenters. The Labute approximate surface area is 117 Å². The molecule has 20 heavy (non-hydrogen) atoms. The van der Waals surface area contributed by atoms with Crippen LogP contribution in [-0.4, -0.2) is 18.2 Å². The molecule has 1 aromatic carbocycles. The molecule has 0 amide bonds. The van der Waals surface area contributed by atoms with Crippen molar-refractivity contribution < 1.29 is 13.9 Å². The zero-order valence-electron chi connectivity index (χ0n) is 11.5. The van der Waals surface area contributed by atoms with Crippen LogP contribution >= 0.6 is 0 Å². The highest BCUT2D eigenvalue weighted by molar-refractivity contribution is 5.43. The topological polar surface area (TPSA) is 56.5 Å². The average molecular weight is 274 g/mol. The third kappa shape index (κ3) is 2.93. The van der Waals surface area contributed by atoms with Gasteiger partial charge in [0.15, 0.2) is 11.5 Å². The summed E-state index contributed by atoms with van der Waals surface area (Å²) in [5.74, 6) is 3.28. The van der Waals surface area contributed by atoms with Crippen LogP contribution in [0.25, 0.3) is 0 Å². The Kier molecular flexibility index (Phi) is 3.87. The summed E-state index contributed by atoms with van der Waals surface area (Å²) in [5, 5.41) is 3.31. The maximum absolute atomic E-state index is 5.56. The van der Waals surface area contributed by atoms with Gasteiger partial charge in [0.25, 0.3) is 0 Å². The Balaban J connectivity index is 1.55. The van der Waals surface area contributed by atoms with E-state index in [0.29, 0.717) is 19.8 Å². The quantitative estimate of drug-likeness (QED) is 0.906. The number of fused-ring (bicyclic) bond motifs is 1. The smallest absolute Gasteiger partial charge is 0.208 e. The Hall–Kier alpha value is -2.01. The number of aromatic nitrogens is 1. The molecular formula is C15H18N2O3. The standard InChI is InChI=1S/C15H18N2O3/c1-2-12-9-17-15(20-12)10-16-8-11-3-4-13-14(7-11)19-6-5-18-13/h3-4,7,9,16H,2,5-6,8,10H2,1H3. The van der Waals surface area contributed by atoms with Crippen molar-refractivity contribution in [1.82, 2.24) is 10.3 Å². The number of rotatable bonds is 5. The molecule has 5 heteroatoms. The maximum atomic E-state index is 5.56. The molecule has 0 saturated carbocycles. The van der Waals surface area contributed by atoms with Crippen molar-refractivity contribution in [1.29, 1.82) is 0 Å². The summed E-state index contributed by atoms with van der Waals surface area (Å²) in [6, 6.07) is 5.99. The van der Waals surface area contributed by atoms with E-state index in [1.807, 2.05) is 25.1 Å². The Morgan fingerprint density at radius 2 is 2.00 bits per heavy atom. The molecule has 0 saturated heterocycles. The van der Waals surface area contributed by atoms with Gasteiger partial charge in [0.2, 0.25) is 5.89 Å². The first-order chi connectivity index (χ1) is 9.85. The van der Waals surface area contributed by atoms with Crippen molar-refractivity contribution in [3.63, 3.8) is 0 Å². The molecule has 3 rings (SSSR count). The summed E-state index contributed by atoms with van der Waals surface area (Å²) >= 11 is 0. The van der Waals surface area contributed by atoms with E-state index >= 15 is 0 Å². The molecule has 5 nitrogen and oxygen atoms in total. The van der Waals surface area contributed by atoms with Crippen LogP contribution in [0.4, 0.5) is 0 Å². The summed E-state index contributed by atoms with van der Waals surface area (Å²) in [6.45, 7) is 4.64. The normalized spacial score (nSPS) is 13.4. The van der Waals surface area contributed by atoms with E-state index in [2.05, 4.69) is 10.3 Å². The molecule has 0 aliphatic carbocycles. The molecule has 0 atom stereocenters. The van der Waals surface area contributed by atoms with E-state index in [9.17, 15) is 0 Å². The van der Waals surface area contributed by atoms with Crippen LogP contribution in [0, 0.1) is 0 Å². The van der Waals surface area contributed by atoms with Gasteiger partial charge in [-0.1, -0.05) is 13.0 Å². The highest BCUT2D eigenvalue weighted by Crippen LogP contribution is 2.30. The number of ether oxygens (including phenoxy) is 2. The monoisotopic (exact) mass is 274 g/mol. The van der Waals surface area contributed by atoms with E-state index in [0.717, 1.165) is 41.7 Å². The highest BCUT2D eigenvalue weighted by atomic mass is 16.6. The van der Waals surface area contributed by atoms with Crippen molar-refractivity contribution in [3.05, 3.63) is 41.6 Å². The van der Waals surface area contributed by atoms with E-state index in [1.165, 1.54) is 0 Å². The number of nitrogens with one attached hydrogen (secondary N) is 1. The van der Waals surface area contributed by atoms with Crippen molar-refractivity contribution in [3.8, 4) is 11.5 Å². The zero-order valence-corrected chi connectivity index (χ0v) is 11.5. The van der Waals surface area contributed by atoms with Crippen molar-refractivity contribution in [2.24, 2.45) is 0 Å². The van der Waals surface area contributed by atoms with E-state index in [1.54, 1.807) is 6.20 Å². The van der Waals surface area contributed by atoms with Gasteiger partial charge in [-0.25, -0.2) is 4.98 Å². The number of benzene rings is 1. The Morgan fingerprint density at radius 3 is 2.80 bits per heavy atom. The van der Waals surface area contributed by atoms with Gasteiger partial charge < -0.3 is 19.2 Å². The Bertz CT molecular complexity index is 580. The highest BCUT2D eigenvalue weighted by Gasteiger charge is 2.11. The minimum absolute atomic E-state index is 0.611. The number of aryl methyl sites for hydroxylation is 1. The first kappa shape index (κ1) is 13.0. The van der Waals surface area contributed by atoms with Gasteiger partial charge in [0.05, 0.1) is 12.7 Å². The second kappa shape index (κ2) is 5.96. The fourth-order valence-electron chi connectivity index (χ4n) is 2.10. The molecule has 106 valence electrons. The number of hydrogen-bond donors (Lipinski definition) is 1. The van der Waals surface area contributed by atoms with Crippen LogP contribution in [0.1, 0.15) is 24.1 Å². The van der Waals surface area contributed by atoms with Gasteiger partial charge in [0, 0.05) is 13.0 Å². The SMILES string of the molecule is CCc1cnc(CNCc2ccc3c(c2)OCCO3)o1. The van der Waals surface area contributed by atoms with Crippen LogP contribution in [-0.2, 0) is 19.5 Å². The van der Waals surface area contributed by atoms with Crippen LogP contribution in [0.15, 0.2) is 28.8 Å². The average Bonchev–Trinajstić information content (AvgIpc) is 2.95. The van der Waals surface area contributed by atoms with Gasteiger partial charge in [-0.2, -0.15) is 0 Å². The fourth-order valence-corrected chi connectivity index (χ4v) is 2.10. The lowest BCUT2D eigenvalue weighted by Crippen LogP contribution is -2.16. The van der Waals surface area contributed by atoms with Gasteiger partial charge in [-0.3, -0.25) is 0 Å². The lowest BCUT2D eigenvalue weighted by atomic mass is 10.2. The minimum atomic E-state index is 0.611. The van der Waals surface area contributed by atoms with E-state index < -0.39 is 0 Å². The second-order valence-electron chi connectivity index (χ2n) is 4.66. The molecule has 1 aromatic heterocycles. The lowest BCUT2D eigenvalue weighted by molar-refractivity contribution is 0.171. The van der Waals surface area contributed by atoms with E-state index in [4.69, 9.17) is 13.9 Å². The fraction of sp³-hybridized carbons (Fsp3) is 0.400. The molecule has 1 aliphatic rings. The lowest BCUT2D eigenvalue weighted by Gasteiger charge is -2.18. The van der Waals surface area contributed by atoms with Gasteiger partial charge in [-0.05, 0) is 17.7 Å². The molecule has 2 aromatic rings. The maximum Gasteiger partial charge on any atom is 0.208 e. The summed E-state index contributed by atoms with van der Waals surface area (Å²) in [7, 11) is 0. The summed E-state index contributed by atoms with van der Waals surface area (Å²) in [4.78, 5) is 4.21. The van der Waals surface area contributed by atoms with Crippen LogP contribution in [0.5, 0.6) is 11.5 Å². The molecule has 1 N–H and O–H groups in total. The van der Waals surface area contributed by atoms with Gasteiger partial charge in [-0.15, -0.1) is 0 Å². The first-order valence-corrected chi connectivity index (χ1v) is 6.88. The molecular weight excluding hydrogens is 256 g/mol. The number of nitrogens with zero attached hydrogens (tertiary/aromatic N) is 1. The number of hydrogen-bond acceptors (Lipinski definition) is 5. The summed E-state index contributed by atoms with van der Waals surface area (Å²) in [6.07, 6.45) is 2.65. The summed E-state index contributed by atoms with van der Waals surface area (Å²) < 4.78 is 16.6. The first-order valence-electron chi connectivity index (χ1n) is 6.88. The van der Waals surface area contributed by atoms with E-state index in [-0.39, 0.29) is 0 Å². The molecule has 0 bridgehead atoms. The molecule has 0 fully saturated rings. The van der Waals surface area contributed by atoms with Crippen LogP contribution in [0.3, 0.4) is 0 Å². The van der Waals surface area contributed by atoms with Crippen LogP contribution < -0.4 is 14.8 Å². The van der Waals surface area contributed by atoms with Crippen molar-refractivity contribution in [2.45, 2.75) is 26.4 Å². The third-order valence-electron chi connectivity index (χ3n) is 3.16. The molecule has 2 heterocycles. The predicted molar refractivity (Wildman–Crippen MR) is 73.9 cm³/mol. The molecule has 0 spiro atoms. The minimum Gasteiger partial charge on any atom is -0.486 e. The molecule has 1 aliphatic heterocycles. The molecule has 0 radical (unpaired) electrons. The summed E-state index contributed by atoms with van der Waals surface area (Å²) in [5.41, 5.74) is 1.15. The second-order valence-corrected chi connectivity index (χ2v) is 4.66. The zero-order chi connectivity index (χ0) is 13.8.